The number of rotatable bonds is 47. The van der Waals surface area contributed by atoms with Crippen molar-refractivity contribution in [2.45, 2.75) is 314 Å². The molecular formula is C54H105NO8. The minimum Gasteiger partial charge on any atom is -0.394 e. The maximum Gasteiger partial charge on any atom is 0.220 e. The lowest BCUT2D eigenvalue weighted by molar-refractivity contribution is -0.302. The van der Waals surface area contributed by atoms with Crippen molar-refractivity contribution in [2.75, 3.05) is 13.2 Å². The summed E-state index contributed by atoms with van der Waals surface area (Å²) >= 11 is 0. The monoisotopic (exact) mass is 896 g/mol. The summed E-state index contributed by atoms with van der Waals surface area (Å²) in [6, 6.07) is -0.799. The van der Waals surface area contributed by atoms with Crippen molar-refractivity contribution in [2.24, 2.45) is 0 Å². The van der Waals surface area contributed by atoms with Crippen LogP contribution in [0.3, 0.4) is 0 Å². The smallest absolute Gasteiger partial charge is 0.220 e. The zero-order chi connectivity index (χ0) is 45.9. The van der Waals surface area contributed by atoms with Crippen LogP contribution in [0.1, 0.15) is 271 Å². The van der Waals surface area contributed by atoms with Gasteiger partial charge in [-0.2, -0.15) is 0 Å². The molecule has 0 aromatic rings. The number of allylic oxidation sites excluding steroid dienone is 1. The van der Waals surface area contributed by atoms with Gasteiger partial charge < -0.3 is 40.3 Å². The summed E-state index contributed by atoms with van der Waals surface area (Å²) in [5.74, 6) is -0.171. The van der Waals surface area contributed by atoms with E-state index in [2.05, 4.69) is 19.2 Å². The van der Waals surface area contributed by atoms with Gasteiger partial charge in [-0.25, -0.2) is 0 Å². The molecule has 1 fully saturated rings. The van der Waals surface area contributed by atoms with Crippen molar-refractivity contribution < 1.29 is 39.8 Å². The van der Waals surface area contributed by atoms with Crippen LogP contribution in [0.5, 0.6) is 0 Å². The molecule has 0 bridgehead atoms. The summed E-state index contributed by atoms with van der Waals surface area (Å²) in [6.45, 7) is 3.81. The van der Waals surface area contributed by atoms with Crippen molar-refractivity contribution in [3.8, 4) is 0 Å². The van der Waals surface area contributed by atoms with Crippen LogP contribution >= 0.6 is 0 Å². The average molecular weight is 896 g/mol. The summed E-state index contributed by atoms with van der Waals surface area (Å²) in [4.78, 5) is 13.0. The zero-order valence-electron chi connectivity index (χ0n) is 41.4. The zero-order valence-corrected chi connectivity index (χ0v) is 41.4. The second-order valence-electron chi connectivity index (χ2n) is 19.4. The molecule has 9 nitrogen and oxygen atoms in total. The molecule has 1 rings (SSSR count). The van der Waals surface area contributed by atoms with E-state index in [4.69, 9.17) is 9.47 Å². The molecule has 0 spiro atoms. The Balaban J connectivity index is 2.23. The Labute approximate surface area is 388 Å². The van der Waals surface area contributed by atoms with Gasteiger partial charge in [0.15, 0.2) is 6.29 Å². The topological polar surface area (TPSA) is 149 Å². The molecule has 1 aliphatic heterocycles. The first-order valence-corrected chi connectivity index (χ1v) is 27.4. The van der Waals surface area contributed by atoms with Gasteiger partial charge in [0.05, 0.1) is 25.4 Å². The van der Waals surface area contributed by atoms with Crippen LogP contribution in [0.2, 0.25) is 0 Å². The number of nitrogens with one attached hydrogen (secondary N) is 1. The fourth-order valence-corrected chi connectivity index (χ4v) is 8.98. The molecule has 7 atom stereocenters. The Kier molecular flexibility index (Phi) is 42.6. The van der Waals surface area contributed by atoms with Gasteiger partial charge in [0.1, 0.15) is 24.4 Å². The fraction of sp³-hybridized carbons (Fsp3) is 0.944. The third-order valence-corrected chi connectivity index (χ3v) is 13.4. The molecule has 63 heavy (non-hydrogen) atoms. The number of hydrogen-bond acceptors (Lipinski definition) is 8. The van der Waals surface area contributed by atoms with Gasteiger partial charge in [-0.05, 0) is 19.3 Å². The van der Waals surface area contributed by atoms with Crippen LogP contribution < -0.4 is 5.32 Å². The molecule has 374 valence electrons. The Hall–Kier alpha value is -1.07. The number of aliphatic hydroxyl groups is 5. The van der Waals surface area contributed by atoms with Gasteiger partial charge in [0.2, 0.25) is 5.91 Å². The Morgan fingerprint density at radius 3 is 1.24 bits per heavy atom. The highest BCUT2D eigenvalue weighted by molar-refractivity contribution is 5.76. The predicted molar refractivity (Wildman–Crippen MR) is 263 cm³/mol. The van der Waals surface area contributed by atoms with E-state index in [0.717, 1.165) is 38.5 Å². The van der Waals surface area contributed by atoms with Gasteiger partial charge in [-0.15, -0.1) is 0 Å². The molecule has 1 amide bonds. The summed E-state index contributed by atoms with van der Waals surface area (Å²) in [6.07, 6.45) is 47.0. The van der Waals surface area contributed by atoms with Crippen molar-refractivity contribution in [1.82, 2.24) is 5.32 Å². The second kappa shape index (κ2) is 44.7. The second-order valence-corrected chi connectivity index (χ2v) is 19.4. The van der Waals surface area contributed by atoms with Crippen molar-refractivity contribution in [1.29, 1.82) is 0 Å². The van der Waals surface area contributed by atoms with Gasteiger partial charge in [-0.1, -0.05) is 257 Å². The normalized spacial score (nSPS) is 20.1. The van der Waals surface area contributed by atoms with Crippen LogP contribution in [0.15, 0.2) is 12.2 Å². The molecule has 0 aliphatic carbocycles. The summed E-state index contributed by atoms with van der Waals surface area (Å²) < 4.78 is 11.3. The molecule has 0 radical (unpaired) electrons. The van der Waals surface area contributed by atoms with Crippen LogP contribution in [-0.4, -0.2) is 87.5 Å². The highest BCUT2D eigenvalue weighted by Crippen LogP contribution is 2.23. The van der Waals surface area contributed by atoms with Crippen molar-refractivity contribution >= 4 is 5.91 Å². The maximum absolute atomic E-state index is 13.0. The number of unbranched alkanes of at least 4 members (excludes halogenated alkanes) is 37. The van der Waals surface area contributed by atoms with Gasteiger partial charge in [-0.3, -0.25) is 4.79 Å². The fourth-order valence-electron chi connectivity index (χ4n) is 8.98. The van der Waals surface area contributed by atoms with E-state index in [1.807, 2.05) is 6.08 Å². The molecule has 1 aliphatic rings. The highest BCUT2D eigenvalue weighted by atomic mass is 16.7. The first-order chi connectivity index (χ1) is 30.8. The number of carbonyl (C=O) groups excluding carboxylic acids is 1. The third kappa shape index (κ3) is 34.8. The van der Waals surface area contributed by atoms with Gasteiger partial charge in [0.25, 0.3) is 0 Å². The molecular weight excluding hydrogens is 791 g/mol. The predicted octanol–water partition coefficient (Wildman–Crippen LogP) is 12.8. The highest BCUT2D eigenvalue weighted by Gasteiger charge is 2.44. The van der Waals surface area contributed by atoms with Crippen LogP contribution in [0.25, 0.3) is 0 Å². The van der Waals surface area contributed by atoms with Crippen LogP contribution in [0.4, 0.5) is 0 Å². The lowest BCUT2D eigenvalue weighted by Gasteiger charge is -2.40. The summed E-state index contributed by atoms with van der Waals surface area (Å²) in [5, 5.41) is 54.4. The Morgan fingerprint density at radius 2 is 0.873 bits per heavy atom. The lowest BCUT2D eigenvalue weighted by Crippen LogP contribution is -2.60. The molecule has 0 aromatic heterocycles. The standard InChI is InChI=1S/C54H105NO8/c1-3-5-7-9-11-13-15-17-19-21-22-23-24-25-26-28-30-32-34-36-38-40-42-44-50(58)55-47(46-62-54-53(61)52(60)51(59)49(45-56)63-54)48(57)43-41-39-37-35-33-31-29-27-20-18-16-14-12-10-8-6-4-2/h41,43,47-49,51-54,56-57,59-61H,3-40,42,44-46H2,1-2H3,(H,55,58)/b43-41+/t47?,48?,49-,51-,52+,53-,54-/m1/s1. The number of amides is 1. The average Bonchev–Trinajstić information content (AvgIpc) is 3.28. The number of carbonyl (C=O) groups is 1. The number of aliphatic hydroxyl groups excluding tert-OH is 5. The summed E-state index contributed by atoms with van der Waals surface area (Å²) in [7, 11) is 0. The van der Waals surface area contributed by atoms with E-state index < -0.39 is 49.5 Å². The molecule has 1 saturated heterocycles. The van der Waals surface area contributed by atoms with E-state index in [-0.39, 0.29) is 12.5 Å². The molecule has 2 unspecified atom stereocenters. The first-order valence-electron chi connectivity index (χ1n) is 27.4. The molecule has 6 N–H and O–H groups in total. The third-order valence-electron chi connectivity index (χ3n) is 13.4. The van der Waals surface area contributed by atoms with E-state index in [0.29, 0.717) is 6.42 Å². The van der Waals surface area contributed by atoms with E-state index >= 15 is 0 Å². The van der Waals surface area contributed by atoms with Crippen molar-refractivity contribution in [3.63, 3.8) is 0 Å². The van der Waals surface area contributed by atoms with Crippen molar-refractivity contribution in [3.05, 3.63) is 12.2 Å². The maximum atomic E-state index is 13.0. The molecule has 9 heteroatoms. The largest absolute Gasteiger partial charge is 0.394 e. The van der Waals surface area contributed by atoms with Crippen LogP contribution in [-0.2, 0) is 14.3 Å². The van der Waals surface area contributed by atoms with Crippen LogP contribution in [0, 0.1) is 0 Å². The van der Waals surface area contributed by atoms with Gasteiger partial charge >= 0.3 is 0 Å². The van der Waals surface area contributed by atoms with Gasteiger partial charge in [0, 0.05) is 6.42 Å². The quantitative estimate of drug-likeness (QED) is 0.0261. The van der Waals surface area contributed by atoms with E-state index in [9.17, 15) is 30.3 Å². The first kappa shape index (κ1) is 59.9. The molecule has 1 heterocycles. The Bertz CT molecular complexity index is 997. The SMILES string of the molecule is CCCCCCCCCCCCCCCCC/C=C/C(O)C(CO[C@@H]1O[C@H](CO)[C@@H](O)[C@H](O)[C@H]1O)NC(=O)CCCCCCCCCCCCCCCCCCCCCCCCC. The minimum absolute atomic E-state index is 0.171. The Morgan fingerprint density at radius 1 is 0.524 bits per heavy atom. The number of ether oxygens (including phenoxy) is 2. The lowest BCUT2D eigenvalue weighted by atomic mass is 9.99. The van der Waals surface area contributed by atoms with E-state index in [1.54, 1.807) is 6.08 Å². The molecule has 0 saturated carbocycles. The molecule has 0 aromatic carbocycles. The summed E-state index contributed by atoms with van der Waals surface area (Å²) in [5.41, 5.74) is 0. The minimum atomic E-state index is -1.56. The number of hydrogen-bond donors (Lipinski definition) is 6. The van der Waals surface area contributed by atoms with E-state index in [1.165, 1.54) is 212 Å².